The van der Waals surface area contributed by atoms with Gasteiger partial charge in [0.25, 0.3) is 0 Å². The van der Waals surface area contributed by atoms with Gasteiger partial charge in [0, 0.05) is 19.3 Å². The molecule has 0 radical (unpaired) electrons. The van der Waals surface area contributed by atoms with Crippen LogP contribution in [-0.2, 0) is 9.53 Å². The molecule has 0 aromatic rings. The van der Waals surface area contributed by atoms with Gasteiger partial charge in [-0.1, -0.05) is 96.1 Å². The van der Waals surface area contributed by atoms with Gasteiger partial charge in [-0.05, 0) is 32.1 Å². The number of hydrogen-bond acceptors (Lipinski definition) is 2. The highest BCUT2D eigenvalue weighted by Gasteiger charge is 1.99. The summed E-state index contributed by atoms with van der Waals surface area (Å²) in [6, 6.07) is 0. The highest BCUT2D eigenvalue weighted by atomic mass is 16.5. The third-order valence-electron chi connectivity index (χ3n) is 4.90. The fourth-order valence-corrected chi connectivity index (χ4v) is 3.12. The van der Waals surface area contributed by atoms with Crippen molar-refractivity contribution in [1.29, 1.82) is 0 Å². The molecular formula is C26H46O2. The van der Waals surface area contributed by atoms with Crippen LogP contribution in [0, 0.1) is 11.8 Å². The van der Waals surface area contributed by atoms with E-state index in [1.165, 1.54) is 83.5 Å². The Labute approximate surface area is 175 Å². The van der Waals surface area contributed by atoms with Crippen LogP contribution in [0.5, 0.6) is 0 Å². The van der Waals surface area contributed by atoms with E-state index < -0.39 is 0 Å². The number of carbonyl (C=O) groups is 1. The number of ether oxygens (including phenoxy) is 1. The number of esters is 1. The molecule has 0 aliphatic rings. The minimum atomic E-state index is -0.0375. The molecule has 0 spiro atoms. The van der Waals surface area contributed by atoms with Crippen LogP contribution in [0.15, 0.2) is 12.2 Å². The summed E-state index contributed by atoms with van der Waals surface area (Å²) >= 11 is 0. The van der Waals surface area contributed by atoms with Gasteiger partial charge in [-0.2, -0.15) is 0 Å². The van der Waals surface area contributed by atoms with Gasteiger partial charge in [0.1, 0.15) is 0 Å². The molecule has 0 N–H and O–H groups in total. The van der Waals surface area contributed by atoms with Crippen molar-refractivity contribution in [2.45, 2.75) is 129 Å². The van der Waals surface area contributed by atoms with Crippen molar-refractivity contribution in [3.63, 3.8) is 0 Å². The van der Waals surface area contributed by atoms with E-state index in [-0.39, 0.29) is 5.97 Å². The smallest absolute Gasteiger partial charge is 0.305 e. The van der Waals surface area contributed by atoms with Crippen molar-refractivity contribution >= 4 is 5.97 Å². The molecule has 0 amide bonds. The van der Waals surface area contributed by atoms with Crippen LogP contribution >= 0.6 is 0 Å². The highest BCUT2D eigenvalue weighted by molar-refractivity contribution is 5.69. The third-order valence-corrected chi connectivity index (χ3v) is 4.90. The normalized spacial score (nSPS) is 10.8. The van der Waals surface area contributed by atoms with Crippen molar-refractivity contribution < 1.29 is 9.53 Å². The quantitative estimate of drug-likeness (QED) is 0.0962. The van der Waals surface area contributed by atoms with Gasteiger partial charge in [0.15, 0.2) is 0 Å². The SMILES string of the molecule is CCCCCC#CCC=CCCCCCCCCCCCCOC(=O)CCC. The number of carbonyl (C=O) groups excluding carboxylic acids is 1. The second-order valence-electron chi connectivity index (χ2n) is 7.78. The summed E-state index contributed by atoms with van der Waals surface area (Å²) in [7, 11) is 0. The molecule has 0 heterocycles. The number of rotatable bonds is 19. The van der Waals surface area contributed by atoms with E-state index in [4.69, 9.17) is 4.74 Å². The molecule has 0 aromatic carbocycles. The molecule has 2 nitrogen and oxygen atoms in total. The molecular weight excluding hydrogens is 344 g/mol. The van der Waals surface area contributed by atoms with Crippen molar-refractivity contribution in [3.8, 4) is 11.8 Å². The van der Waals surface area contributed by atoms with Gasteiger partial charge in [-0.15, -0.1) is 5.92 Å². The Kier molecular flexibility index (Phi) is 22.8. The first-order valence-corrected chi connectivity index (χ1v) is 12.1. The Morgan fingerprint density at radius 2 is 1.36 bits per heavy atom. The minimum Gasteiger partial charge on any atom is -0.466 e. The number of allylic oxidation sites excluding steroid dienone is 2. The maximum absolute atomic E-state index is 11.2. The van der Waals surface area contributed by atoms with Crippen molar-refractivity contribution in [3.05, 3.63) is 12.2 Å². The molecule has 162 valence electrons. The van der Waals surface area contributed by atoms with Gasteiger partial charge in [-0.3, -0.25) is 4.79 Å². The molecule has 0 rings (SSSR count). The van der Waals surface area contributed by atoms with Gasteiger partial charge in [-0.25, -0.2) is 0 Å². The predicted octanol–water partition coefficient (Wildman–Crippen LogP) is 8.15. The van der Waals surface area contributed by atoms with E-state index in [2.05, 4.69) is 30.9 Å². The number of hydrogen-bond donors (Lipinski definition) is 0. The molecule has 0 saturated heterocycles. The van der Waals surface area contributed by atoms with Gasteiger partial charge >= 0.3 is 5.97 Å². The molecule has 0 bridgehead atoms. The molecule has 0 aliphatic carbocycles. The van der Waals surface area contributed by atoms with Crippen LogP contribution in [0.4, 0.5) is 0 Å². The summed E-state index contributed by atoms with van der Waals surface area (Å²) in [5.41, 5.74) is 0. The van der Waals surface area contributed by atoms with E-state index >= 15 is 0 Å². The molecule has 0 aliphatic heterocycles. The van der Waals surface area contributed by atoms with Gasteiger partial charge in [0.05, 0.1) is 6.61 Å². The molecule has 2 heteroatoms. The molecule has 0 atom stereocenters. The summed E-state index contributed by atoms with van der Waals surface area (Å²) in [6.45, 7) is 4.85. The first-order valence-electron chi connectivity index (χ1n) is 12.1. The average Bonchev–Trinajstić information content (AvgIpc) is 2.69. The van der Waals surface area contributed by atoms with Crippen LogP contribution in [0.25, 0.3) is 0 Å². The lowest BCUT2D eigenvalue weighted by atomic mass is 10.1. The Hall–Kier alpha value is -1.23. The highest BCUT2D eigenvalue weighted by Crippen LogP contribution is 2.11. The molecule has 0 saturated carbocycles. The standard InChI is InChI=1S/C26H46O2/c1-3-5-6-7-8-9-10-11-12-13-14-15-16-17-18-19-20-21-22-23-25-28-26(27)24-4-2/h11-12H,3-7,10,13-25H2,1-2H3. The average molecular weight is 391 g/mol. The van der Waals surface area contributed by atoms with E-state index in [9.17, 15) is 4.79 Å². The largest absolute Gasteiger partial charge is 0.466 e. The lowest BCUT2D eigenvalue weighted by Crippen LogP contribution is -2.04. The summed E-state index contributed by atoms with van der Waals surface area (Å²) in [5.74, 6) is 6.46. The fourth-order valence-electron chi connectivity index (χ4n) is 3.12. The van der Waals surface area contributed by atoms with Crippen LogP contribution in [-0.4, -0.2) is 12.6 Å². The summed E-state index contributed by atoms with van der Waals surface area (Å²) in [4.78, 5) is 11.2. The maximum atomic E-state index is 11.2. The summed E-state index contributed by atoms with van der Waals surface area (Å²) < 4.78 is 5.17. The Bertz CT molecular complexity index is 414. The zero-order valence-electron chi connectivity index (χ0n) is 18.9. The van der Waals surface area contributed by atoms with E-state index in [0.717, 1.165) is 25.7 Å². The van der Waals surface area contributed by atoms with Crippen molar-refractivity contribution in [1.82, 2.24) is 0 Å². The minimum absolute atomic E-state index is 0.0375. The third kappa shape index (κ3) is 22.8. The van der Waals surface area contributed by atoms with Crippen molar-refractivity contribution in [2.75, 3.05) is 6.61 Å². The Balaban J connectivity index is 3.17. The van der Waals surface area contributed by atoms with Crippen LogP contribution in [0.3, 0.4) is 0 Å². The lowest BCUT2D eigenvalue weighted by Gasteiger charge is -2.04. The Morgan fingerprint density at radius 3 is 2.00 bits per heavy atom. The Morgan fingerprint density at radius 1 is 0.714 bits per heavy atom. The predicted molar refractivity (Wildman–Crippen MR) is 122 cm³/mol. The first kappa shape index (κ1) is 26.8. The molecule has 0 aromatic heterocycles. The zero-order valence-corrected chi connectivity index (χ0v) is 18.9. The number of unbranched alkanes of at least 4 members (excludes halogenated alkanes) is 13. The fraction of sp³-hybridized carbons (Fsp3) is 0.808. The van der Waals surface area contributed by atoms with E-state index in [0.29, 0.717) is 13.0 Å². The summed E-state index contributed by atoms with van der Waals surface area (Å²) in [6.07, 6.45) is 26.0. The van der Waals surface area contributed by atoms with Crippen molar-refractivity contribution in [2.24, 2.45) is 0 Å². The summed E-state index contributed by atoms with van der Waals surface area (Å²) in [5, 5.41) is 0. The van der Waals surface area contributed by atoms with Crippen LogP contribution in [0.1, 0.15) is 129 Å². The molecule has 0 unspecified atom stereocenters. The van der Waals surface area contributed by atoms with Gasteiger partial charge in [0.2, 0.25) is 0 Å². The topological polar surface area (TPSA) is 26.3 Å². The second kappa shape index (κ2) is 23.8. The second-order valence-corrected chi connectivity index (χ2v) is 7.78. The van der Waals surface area contributed by atoms with Crippen LogP contribution in [0.2, 0.25) is 0 Å². The first-order chi connectivity index (χ1) is 13.8. The van der Waals surface area contributed by atoms with Crippen LogP contribution < -0.4 is 0 Å². The van der Waals surface area contributed by atoms with Gasteiger partial charge < -0.3 is 4.74 Å². The monoisotopic (exact) mass is 390 g/mol. The lowest BCUT2D eigenvalue weighted by molar-refractivity contribution is -0.143. The van der Waals surface area contributed by atoms with E-state index in [1.807, 2.05) is 6.92 Å². The zero-order chi connectivity index (χ0) is 20.5. The van der Waals surface area contributed by atoms with E-state index in [1.54, 1.807) is 0 Å². The maximum Gasteiger partial charge on any atom is 0.305 e. The molecule has 0 fully saturated rings. The molecule has 28 heavy (non-hydrogen) atoms.